The molecule has 1 atom stereocenters. The maximum atomic E-state index is 11.9. The largest absolute Gasteiger partial charge is 0.493 e. The van der Waals surface area contributed by atoms with Gasteiger partial charge >= 0.3 is 0 Å². The second-order valence-electron chi connectivity index (χ2n) is 5.02. The number of anilines is 1. The number of halogens is 1. The summed E-state index contributed by atoms with van der Waals surface area (Å²) in [7, 11) is 3.17. The highest BCUT2D eigenvalue weighted by molar-refractivity contribution is 5.91. The van der Waals surface area contributed by atoms with Crippen molar-refractivity contribution in [2.24, 2.45) is 5.92 Å². The zero-order valence-corrected chi connectivity index (χ0v) is 13.3. The van der Waals surface area contributed by atoms with Crippen LogP contribution in [0, 0.1) is 5.92 Å². The normalized spacial score (nSPS) is 17.0. The molecule has 0 saturated carbocycles. The van der Waals surface area contributed by atoms with E-state index in [1.54, 1.807) is 26.4 Å². The molecule has 2 N–H and O–H groups in total. The van der Waals surface area contributed by atoms with Gasteiger partial charge in [-0.1, -0.05) is 0 Å². The third-order valence-electron chi connectivity index (χ3n) is 3.61. The second-order valence-corrected chi connectivity index (χ2v) is 5.02. The Hall–Kier alpha value is -1.46. The standard InChI is InChI=1S/C15H22N2O3.ClH/c1-19-13-5-4-12(9-14(13)20-2)17-15(18)6-3-11-7-8-16-10-11;/h4-5,9,11,16H,3,6-8,10H2,1-2H3,(H,17,18);1H. The molecule has 1 aromatic rings. The van der Waals surface area contributed by atoms with Crippen LogP contribution in [0.2, 0.25) is 0 Å². The molecule has 0 radical (unpaired) electrons. The summed E-state index contributed by atoms with van der Waals surface area (Å²) in [6, 6.07) is 5.37. The summed E-state index contributed by atoms with van der Waals surface area (Å²) < 4.78 is 10.4. The van der Waals surface area contributed by atoms with Gasteiger partial charge in [0.1, 0.15) is 0 Å². The molecule has 1 amide bonds. The number of nitrogens with one attached hydrogen (secondary N) is 2. The van der Waals surface area contributed by atoms with E-state index in [0.717, 1.165) is 25.2 Å². The van der Waals surface area contributed by atoms with Crippen LogP contribution in [0.5, 0.6) is 11.5 Å². The summed E-state index contributed by atoms with van der Waals surface area (Å²) in [5.41, 5.74) is 0.734. The fourth-order valence-electron chi connectivity index (χ4n) is 2.43. The number of hydrogen-bond donors (Lipinski definition) is 2. The Morgan fingerprint density at radius 2 is 2.10 bits per heavy atom. The van der Waals surface area contributed by atoms with E-state index in [1.165, 1.54) is 6.42 Å². The monoisotopic (exact) mass is 314 g/mol. The smallest absolute Gasteiger partial charge is 0.224 e. The molecule has 6 heteroatoms. The van der Waals surface area contributed by atoms with Crippen molar-refractivity contribution in [3.8, 4) is 11.5 Å². The Labute approximate surface area is 131 Å². The molecule has 2 rings (SSSR count). The van der Waals surface area contributed by atoms with Crippen LogP contribution in [0.1, 0.15) is 19.3 Å². The van der Waals surface area contributed by atoms with E-state index >= 15 is 0 Å². The van der Waals surface area contributed by atoms with Gasteiger partial charge in [-0.2, -0.15) is 0 Å². The Bertz CT molecular complexity index is 462. The van der Waals surface area contributed by atoms with Gasteiger partial charge in [0.15, 0.2) is 11.5 Å². The van der Waals surface area contributed by atoms with Crippen LogP contribution in [0.15, 0.2) is 18.2 Å². The molecule has 1 aliphatic rings. The number of amides is 1. The maximum absolute atomic E-state index is 11.9. The summed E-state index contributed by atoms with van der Waals surface area (Å²) in [5.74, 6) is 1.95. The van der Waals surface area contributed by atoms with Crippen LogP contribution < -0.4 is 20.1 Å². The molecule has 1 saturated heterocycles. The van der Waals surface area contributed by atoms with Crippen LogP contribution >= 0.6 is 12.4 Å². The van der Waals surface area contributed by atoms with Crippen molar-refractivity contribution >= 4 is 24.0 Å². The van der Waals surface area contributed by atoms with Gasteiger partial charge in [-0.25, -0.2) is 0 Å². The summed E-state index contributed by atoms with van der Waals surface area (Å²) in [6.07, 6.45) is 2.66. The third-order valence-corrected chi connectivity index (χ3v) is 3.61. The van der Waals surface area contributed by atoms with E-state index in [1.807, 2.05) is 6.07 Å². The SMILES string of the molecule is COc1ccc(NC(=O)CCC2CCNC2)cc1OC.Cl. The number of methoxy groups -OCH3 is 2. The third kappa shape index (κ3) is 5.10. The molecular weight excluding hydrogens is 292 g/mol. The predicted molar refractivity (Wildman–Crippen MR) is 85.6 cm³/mol. The zero-order chi connectivity index (χ0) is 14.4. The van der Waals surface area contributed by atoms with Crippen molar-refractivity contribution in [1.82, 2.24) is 5.32 Å². The van der Waals surface area contributed by atoms with Gasteiger partial charge in [-0.3, -0.25) is 4.79 Å². The van der Waals surface area contributed by atoms with Crippen molar-refractivity contribution in [3.63, 3.8) is 0 Å². The number of carbonyl (C=O) groups is 1. The fourth-order valence-corrected chi connectivity index (χ4v) is 2.43. The summed E-state index contributed by atoms with van der Waals surface area (Å²) in [4.78, 5) is 11.9. The van der Waals surface area contributed by atoms with Gasteiger partial charge in [-0.05, 0) is 44.0 Å². The van der Waals surface area contributed by atoms with Gasteiger partial charge < -0.3 is 20.1 Å². The van der Waals surface area contributed by atoms with Crippen LogP contribution in [0.4, 0.5) is 5.69 Å². The highest BCUT2D eigenvalue weighted by Crippen LogP contribution is 2.29. The molecule has 1 aliphatic heterocycles. The van der Waals surface area contributed by atoms with E-state index < -0.39 is 0 Å². The summed E-state index contributed by atoms with van der Waals surface area (Å²) >= 11 is 0. The molecule has 0 aliphatic carbocycles. The van der Waals surface area contributed by atoms with E-state index in [9.17, 15) is 4.79 Å². The number of rotatable bonds is 6. The van der Waals surface area contributed by atoms with Crippen molar-refractivity contribution in [1.29, 1.82) is 0 Å². The molecule has 0 bridgehead atoms. The van der Waals surface area contributed by atoms with Gasteiger partial charge in [0.25, 0.3) is 0 Å². The molecule has 5 nitrogen and oxygen atoms in total. The first kappa shape index (κ1) is 17.6. The first-order valence-electron chi connectivity index (χ1n) is 6.95. The van der Waals surface area contributed by atoms with Gasteiger partial charge in [0.05, 0.1) is 14.2 Å². The van der Waals surface area contributed by atoms with Crippen molar-refractivity contribution in [2.45, 2.75) is 19.3 Å². The van der Waals surface area contributed by atoms with Crippen molar-refractivity contribution in [3.05, 3.63) is 18.2 Å². The number of ether oxygens (including phenoxy) is 2. The molecule has 1 fully saturated rings. The minimum absolute atomic E-state index is 0. The second kappa shape index (κ2) is 8.74. The Balaban J connectivity index is 0.00000220. The lowest BCUT2D eigenvalue weighted by atomic mass is 10.0. The molecule has 1 unspecified atom stereocenters. The van der Waals surface area contributed by atoms with Gasteiger partial charge in [-0.15, -0.1) is 12.4 Å². The average molecular weight is 315 g/mol. The van der Waals surface area contributed by atoms with E-state index in [-0.39, 0.29) is 18.3 Å². The fraction of sp³-hybridized carbons (Fsp3) is 0.533. The Morgan fingerprint density at radius 3 is 2.71 bits per heavy atom. The lowest BCUT2D eigenvalue weighted by Gasteiger charge is -2.11. The van der Waals surface area contributed by atoms with E-state index in [4.69, 9.17) is 9.47 Å². The van der Waals surface area contributed by atoms with E-state index in [0.29, 0.717) is 23.8 Å². The Kier molecular flexibility index (Phi) is 7.32. The van der Waals surface area contributed by atoms with E-state index in [2.05, 4.69) is 10.6 Å². The molecule has 1 aromatic carbocycles. The number of hydrogen-bond acceptors (Lipinski definition) is 4. The Morgan fingerprint density at radius 1 is 1.33 bits per heavy atom. The van der Waals surface area contributed by atoms with Crippen LogP contribution in [0.25, 0.3) is 0 Å². The molecule has 21 heavy (non-hydrogen) atoms. The van der Waals surface area contributed by atoms with Crippen LogP contribution in [-0.4, -0.2) is 33.2 Å². The van der Waals surface area contributed by atoms with Crippen LogP contribution in [-0.2, 0) is 4.79 Å². The predicted octanol–water partition coefficient (Wildman–Crippen LogP) is 2.45. The quantitative estimate of drug-likeness (QED) is 0.847. The van der Waals surface area contributed by atoms with Crippen LogP contribution in [0.3, 0.4) is 0 Å². The minimum atomic E-state index is 0. The molecular formula is C15H23ClN2O3. The number of benzene rings is 1. The highest BCUT2D eigenvalue weighted by atomic mass is 35.5. The lowest BCUT2D eigenvalue weighted by molar-refractivity contribution is -0.116. The molecule has 118 valence electrons. The lowest BCUT2D eigenvalue weighted by Crippen LogP contribution is -2.15. The molecule has 1 heterocycles. The van der Waals surface area contributed by atoms with Gasteiger partial charge in [0, 0.05) is 18.2 Å². The first-order valence-corrected chi connectivity index (χ1v) is 6.95. The molecule has 0 spiro atoms. The minimum Gasteiger partial charge on any atom is -0.493 e. The maximum Gasteiger partial charge on any atom is 0.224 e. The van der Waals surface area contributed by atoms with Crippen molar-refractivity contribution in [2.75, 3.05) is 32.6 Å². The zero-order valence-electron chi connectivity index (χ0n) is 12.5. The summed E-state index contributed by atoms with van der Waals surface area (Å²) in [6.45, 7) is 2.10. The molecule has 0 aromatic heterocycles. The topological polar surface area (TPSA) is 59.6 Å². The summed E-state index contributed by atoms with van der Waals surface area (Å²) in [5, 5.41) is 6.21. The highest BCUT2D eigenvalue weighted by Gasteiger charge is 2.16. The average Bonchev–Trinajstić information content (AvgIpc) is 2.98. The first-order chi connectivity index (χ1) is 9.72. The van der Waals surface area contributed by atoms with Gasteiger partial charge in [0.2, 0.25) is 5.91 Å². The number of carbonyl (C=O) groups excluding carboxylic acids is 1. The van der Waals surface area contributed by atoms with Crippen molar-refractivity contribution < 1.29 is 14.3 Å².